The zero-order valence-electron chi connectivity index (χ0n) is 16.4. The lowest BCUT2D eigenvalue weighted by molar-refractivity contribution is -0.121. The van der Waals surface area contributed by atoms with Crippen molar-refractivity contribution in [2.24, 2.45) is 10.9 Å². The summed E-state index contributed by atoms with van der Waals surface area (Å²) in [5, 5.41) is 9.37. The van der Waals surface area contributed by atoms with Gasteiger partial charge >= 0.3 is 0 Å². The Morgan fingerprint density at radius 3 is 2.37 bits per heavy atom. The van der Waals surface area contributed by atoms with Crippen LogP contribution in [0, 0.1) is 12.8 Å². The van der Waals surface area contributed by atoms with E-state index in [0.717, 1.165) is 5.75 Å². The number of amides is 1. The lowest BCUT2D eigenvalue weighted by Crippen LogP contribution is -2.42. The molecule has 6 nitrogen and oxygen atoms in total. The molecule has 0 spiro atoms. The van der Waals surface area contributed by atoms with Crippen LogP contribution in [0.25, 0.3) is 0 Å². The predicted molar refractivity (Wildman–Crippen MR) is 121 cm³/mol. The number of guanidine groups is 1. The molecule has 0 atom stereocenters. The van der Waals surface area contributed by atoms with Crippen LogP contribution >= 0.6 is 24.0 Å². The highest BCUT2D eigenvalue weighted by molar-refractivity contribution is 14.0. The van der Waals surface area contributed by atoms with Gasteiger partial charge in [-0.05, 0) is 37.8 Å². The quantitative estimate of drug-likeness (QED) is 0.216. The third kappa shape index (κ3) is 9.83. The molecule has 0 bridgehead atoms. The number of nitrogens with one attached hydrogen (secondary N) is 3. The van der Waals surface area contributed by atoms with E-state index in [-0.39, 0.29) is 29.9 Å². The maximum atomic E-state index is 11.9. The summed E-state index contributed by atoms with van der Waals surface area (Å²) < 4.78 is 5.67. The van der Waals surface area contributed by atoms with E-state index < -0.39 is 0 Å². The average Bonchev–Trinajstić information content (AvgIpc) is 3.14. The molecule has 0 aromatic heterocycles. The van der Waals surface area contributed by atoms with E-state index in [1.807, 2.05) is 24.3 Å². The van der Waals surface area contributed by atoms with Gasteiger partial charge in [0.05, 0.1) is 6.54 Å². The van der Waals surface area contributed by atoms with Crippen LogP contribution < -0.4 is 20.7 Å². The van der Waals surface area contributed by atoms with Crippen LogP contribution in [-0.4, -0.2) is 45.2 Å². The zero-order valence-corrected chi connectivity index (χ0v) is 18.8. The maximum absolute atomic E-state index is 11.9. The third-order valence-electron chi connectivity index (χ3n) is 4.60. The minimum Gasteiger partial charge on any atom is -0.492 e. The number of ether oxygens (including phenoxy) is 1. The lowest BCUT2D eigenvalue weighted by atomic mass is 10.0. The minimum absolute atomic E-state index is 0. The normalized spacial score (nSPS) is 14.4. The summed E-state index contributed by atoms with van der Waals surface area (Å²) in [5.41, 5.74) is 1.22. The number of aliphatic imine (C=N–C) groups is 1. The first kappa shape index (κ1) is 23.5. The third-order valence-corrected chi connectivity index (χ3v) is 4.60. The standard InChI is InChI=1S/C20H32N4O2.HI/c1-16-7-9-18(10-8-16)26-14-13-24-20(21-2)23-12-11-22-19(25)15-17-5-3-4-6-17;/h7-10,17H,3-6,11-15H2,1-2H3,(H,22,25)(H2,21,23,24);1H. The number of hydrogen-bond donors (Lipinski definition) is 3. The molecule has 1 aliphatic carbocycles. The summed E-state index contributed by atoms with van der Waals surface area (Å²) in [6, 6.07) is 8.00. The zero-order chi connectivity index (χ0) is 18.6. The van der Waals surface area contributed by atoms with Gasteiger partial charge in [-0.15, -0.1) is 24.0 Å². The highest BCUT2D eigenvalue weighted by Crippen LogP contribution is 2.27. The van der Waals surface area contributed by atoms with Gasteiger partial charge in [-0.25, -0.2) is 0 Å². The molecule has 3 N–H and O–H groups in total. The average molecular weight is 488 g/mol. The van der Waals surface area contributed by atoms with Crippen LogP contribution in [0.5, 0.6) is 5.75 Å². The molecule has 0 heterocycles. The van der Waals surface area contributed by atoms with Gasteiger partial charge in [0.15, 0.2) is 5.96 Å². The second kappa shape index (κ2) is 13.6. The summed E-state index contributed by atoms with van der Waals surface area (Å²) in [6.45, 7) is 4.52. The van der Waals surface area contributed by atoms with E-state index in [9.17, 15) is 4.79 Å². The van der Waals surface area contributed by atoms with Gasteiger partial charge in [-0.2, -0.15) is 0 Å². The second-order valence-electron chi connectivity index (χ2n) is 6.79. The van der Waals surface area contributed by atoms with Crippen molar-refractivity contribution in [3.63, 3.8) is 0 Å². The number of benzene rings is 1. The minimum atomic E-state index is 0. The topological polar surface area (TPSA) is 74.8 Å². The SMILES string of the molecule is CN=C(NCCNC(=O)CC1CCCC1)NCCOc1ccc(C)cc1.I. The number of carbonyl (C=O) groups is 1. The van der Waals surface area contributed by atoms with Crippen molar-refractivity contribution in [1.29, 1.82) is 0 Å². The fourth-order valence-electron chi connectivity index (χ4n) is 3.13. The van der Waals surface area contributed by atoms with Crippen LogP contribution in [0.4, 0.5) is 0 Å². The molecule has 1 amide bonds. The first-order chi connectivity index (χ1) is 12.7. The summed E-state index contributed by atoms with van der Waals surface area (Å²) in [4.78, 5) is 16.0. The van der Waals surface area contributed by atoms with E-state index in [2.05, 4.69) is 27.9 Å². The maximum Gasteiger partial charge on any atom is 0.220 e. The van der Waals surface area contributed by atoms with Crippen molar-refractivity contribution in [2.45, 2.75) is 39.0 Å². The van der Waals surface area contributed by atoms with E-state index in [1.165, 1.54) is 31.2 Å². The van der Waals surface area contributed by atoms with Gasteiger partial charge < -0.3 is 20.7 Å². The molecule has 0 saturated heterocycles. The van der Waals surface area contributed by atoms with Crippen molar-refractivity contribution in [1.82, 2.24) is 16.0 Å². The molecule has 1 saturated carbocycles. The summed E-state index contributed by atoms with van der Waals surface area (Å²) in [7, 11) is 1.73. The molecular weight excluding hydrogens is 455 g/mol. The molecule has 1 aromatic carbocycles. The van der Waals surface area contributed by atoms with Crippen LogP contribution in [0.2, 0.25) is 0 Å². The summed E-state index contributed by atoms with van der Waals surface area (Å²) in [5.74, 6) is 2.33. The Morgan fingerprint density at radius 2 is 1.70 bits per heavy atom. The molecule has 0 radical (unpaired) electrons. The number of hydrogen-bond acceptors (Lipinski definition) is 3. The molecule has 1 aliphatic rings. The van der Waals surface area contributed by atoms with Crippen molar-refractivity contribution in [2.75, 3.05) is 33.3 Å². The Bertz CT molecular complexity index is 572. The van der Waals surface area contributed by atoms with Crippen molar-refractivity contribution >= 4 is 35.8 Å². The van der Waals surface area contributed by atoms with Gasteiger partial charge in [-0.3, -0.25) is 9.79 Å². The molecule has 152 valence electrons. The monoisotopic (exact) mass is 488 g/mol. The fourth-order valence-corrected chi connectivity index (χ4v) is 3.13. The number of carbonyl (C=O) groups excluding carboxylic acids is 1. The number of nitrogens with zero attached hydrogens (tertiary/aromatic N) is 1. The molecule has 2 rings (SSSR count). The van der Waals surface area contributed by atoms with Gasteiger partial charge in [0, 0.05) is 26.6 Å². The molecule has 27 heavy (non-hydrogen) atoms. The second-order valence-corrected chi connectivity index (χ2v) is 6.79. The largest absolute Gasteiger partial charge is 0.492 e. The molecule has 7 heteroatoms. The van der Waals surface area contributed by atoms with Crippen molar-refractivity contribution in [3.05, 3.63) is 29.8 Å². The van der Waals surface area contributed by atoms with Crippen LogP contribution in [0.15, 0.2) is 29.3 Å². The van der Waals surface area contributed by atoms with Gasteiger partial charge in [0.1, 0.15) is 12.4 Å². The Hall–Kier alpha value is -1.51. The van der Waals surface area contributed by atoms with Crippen LogP contribution in [0.3, 0.4) is 0 Å². The molecule has 1 aromatic rings. The Morgan fingerprint density at radius 1 is 1.07 bits per heavy atom. The number of aryl methyl sites for hydroxylation is 1. The summed E-state index contributed by atoms with van der Waals surface area (Å²) in [6.07, 6.45) is 5.62. The van der Waals surface area contributed by atoms with E-state index >= 15 is 0 Å². The van der Waals surface area contributed by atoms with Crippen molar-refractivity contribution < 1.29 is 9.53 Å². The first-order valence-corrected chi connectivity index (χ1v) is 9.58. The fraction of sp³-hybridized carbons (Fsp3) is 0.600. The van der Waals surface area contributed by atoms with E-state index in [4.69, 9.17) is 4.74 Å². The van der Waals surface area contributed by atoms with E-state index in [0.29, 0.717) is 44.5 Å². The molecule has 1 fully saturated rings. The highest BCUT2D eigenvalue weighted by Gasteiger charge is 2.17. The van der Waals surface area contributed by atoms with E-state index in [1.54, 1.807) is 7.05 Å². The molecule has 0 aliphatic heterocycles. The Balaban J connectivity index is 0.00000364. The number of rotatable bonds is 9. The number of halogens is 1. The highest BCUT2D eigenvalue weighted by atomic mass is 127. The van der Waals surface area contributed by atoms with Gasteiger partial charge in [0.2, 0.25) is 5.91 Å². The Kier molecular flexibility index (Phi) is 11.9. The molecule has 0 unspecified atom stereocenters. The van der Waals surface area contributed by atoms with Crippen LogP contribution in [-0.2, 0) is 4.79 Å². The van der Waals surface area contributed by atoms with Crippen LogP contribution in [0.1, 0.15) is 37.7 Å². The van der Waals surface area contributed by atoms with Gasteiger partial charge in [0.25, 0.3) is 0 Å². The summed E-state index contributed by atoms with van der Waals surface area (Å²) >= 11 is 0. The Labute approximate surface area is 179 Å². The lowest BCUT2D eigenvalue weighted by Gasteiger charge is -2.13. The first-order valence-electron chi connectivity index (χ1n) is 9.58. The predicted octanol–water partition coefficient (Wildman–Crippen LogP) is 2.85. The van der Waals surface area contributed by atoms with Crippen molar-refractivity contribution in [3.8, 4) is 5.75 Å². The van der Waals surface area contributed by atoms with Gasteiger partial charge in [-0.1, -0.05) is 30.5 Å². The smallest absolute Gasteiger partial charge is 0.220 e. The molecular formula is C20H33IN4O2.